The number of aliphatic hydroxyl groups excluding tert-OH is 1. The molecular formula is C10H18O2. The summed E-state index contributed by atoms with van der Waals surface area (Å²) in [5, 5.41) is 19.8. The molecule has 0 fully saturated rings. The van der Waals surface area contributed by atoms with Gasteiger partial charge in [0.15, 0.2) is 0 Å². The molecule has 0 bridgehead atoms. The Morgan fingerprint density at radius 2 is 2.25 bits per heavy atom. The van der Waals surface area contributed by atoms with E-state index >= 15 is 0 Å². The van der Waals surface area contributed by atoms with E-state index in [1.54, 1.807) is 0 Å². The van der Waals surface area contributed by atoms with Crippen molar-refractivity contribution >= 4 is 0 Å². The van der Waals surface area contributed by atoms with Crippen LogP contribution in [0.1, 0.15) is 33.6 Å². The molecule has 1 rings (SSSR count). The Morgan fingerprint density at radius 3 is 2.67 bits per heavy atom. The lowest BCUT2D eigenvalue weighted by Gasteiger charge is -2.39. The molecule has 0 aliphatic heterocycles. The molecular weight excluding hydrogens is 152 g/mol. The Morgan fingerprint density at radius 1 is 1.67 bits per heavy atom. The summed E-state index contributed by atoms with van der Waals surface area (Å²) < 4.78 is 0. The number of hydrogen-bond donors (Lipinski definition) is 2. The zero-order chi connectivity index (χ0) is 9.35. The highest BCUT2D eigenvalue weighted by molar-refractivity contribution is 5.21. The highest BCUT2D eigenvalue weighted by Gasteiger charge is 2.40. The Labute approximate surface area is 73.9 Å². The first kappa shape index (κ1) is 9.75. The zero-order valence-electron chi connectivity index (χ0n) is 8.04. The summed E-state index contributed by atoms with van der Waals surface area (Å²) in [5.41, 5.74) is -0.0619. The fourth-order valence-corrected chi connectivity index (χ4v) is 1.86. The highest BCUT2D eigenvalue weighted by atomic mass is 16.3. The van der Waals surface area contributed by atoms with Crippen LogP contribution in [0.2, 0.25) is 0 Å². The van der Waals surface area contributed by atoms with Gasteiger partial charge < -0.3 is 10.2 Å². The maximum absolute atomic E-state index is 10.1. The third-order valence-electron chi connectivity index (χ3n) is 3.05. The lowest BCUT2D eigenvalue weighted by molar-refractivity contribution is -0.0807. The van der Waals surface area contributed by atoms with Crippen molar-refractivity contribution in [2.45, 2.75) is 45.3 Å². The lowest BCUT2D eigenvalue weighted by atomic mass is 9.75. The van der Waals surface area contributed by atoms with Crippen molar-refractivity contribution in [3.63, 3.8) is 0 Å². The maximum atomic E-state index is 10.1. The van der Waals surface area contributed by atoms with Gasteiger partial charge in [0.05, 0.1) is 6.10 Å². The molecule has 0 aromatic carbocycles. The van der Waals surface area contributed by atoms with Crippen LogP contribution >= 0.6 is 0 Å². The smallest absolute Gasteiger partial charge is 0.111 e. The number of allylic oxidation sites excluding steroid dienone is 1. The second kappa shape index (κ2) is 3.19. The number of rotatable bonds is 1. The predicted molar refractivity (Wildman–Crippen MR) is 48.8 cm³/mol. The summed E-state index contributed by atoms with van der Waals surface area (Å²) in [6, 6.07) is 0. The molecule has 2 heteroatoms. The van der Waals surface area contributed by atoms with Crippen LogP contribution in [0.15, 0.2) is 11.6 Å². The van der Waals surface area contributed by atoms with Gasteiger partial charge in [-0.05, 0) is 31.3 Å². The second-order valence-electron chi connectivity index (χ2n) is 3.82. The molecule has 0 aromatic rings. The molecule has 3 unspecified atom stereocenters. The fourth-order valence-electron chi connectivity index (χ4n) is 1.86. The molecule has 0 aromatic heterocycles. The van der Waals surface area contributed by atoms with Crippen LogP contribution in [-0.4, -0.2) is 21.9 Å². The molecule has 2 N–H and O–H groups in total. The highest BCUT2D eigenvalue weighted by Crippen LogP contribution is 2.34. The Kier molecular flexibility index (Phi) is 2.59. The molecule has 0 saturated heterocycles. The van der Waals surface area contributed by atoms with Crippen LogP contribution in [0, 0.1) is 5.92 Å². The van der Waals surface area contributed by atoms with E-state index in [1.165, 1.54) is 0 Å². The molecule has 1 aliphatic rings. The van der Waals surface area contributed by atoms with Crippen molar-refractivity contribution in [3.05, 3.63) is 11.6 Å². The Balaban J connectivity index is 2.95. The van der Waals surface area contributed by atoms with Crippen molar-refractivity contribution in [2.75, 3.05) is 0 Å². The average Bonchev–Trinajstić information content (AvgIpc) is 2.08. The van der Waals surface area contributed by atoms with E-state index in [0.29, 0.717) is 6.42 Å². The van der Waals surface area contributed by atoms with E-state index in [9.17, 15) is 10.2 Å². The maximum Gasteiger partial charge on any atom is 0.111 e. The van der Waals surface area contributed by atoms with Gasteiger partial charge in [0.1, 0.15) is 5.60 Å². The molecule has 0 saturated carbocycles. The third kappa shape index (κ3) is 1.29. The third-order valence-corrected chi connectivity index (χ3v) is 3.05. The zero-order valence-corrected chi connectivity index (χ0v) is 8.04. The first-order valence-electron chi connectivity index (χ1n) is 4.60. The van der Waals surface area contributed by atoms with Gasteiger partial charge in [-0.15, -0.1) is 0 Å². The second-order valence-corrected chi connectivity index (χ2v) is 3.82. The minimum Gasteiger partial charge on any atom is -0.389 e. The Hall–Kier alpha value is -0.340. The SMILES string of the molecule is CCC1(O)C(C)=CCC(C)C1O. The van der Waals surface area contributed by atoms with Crippen LogP contribution in [0.4, 0.5) is 0 Å². The van der Waals surface area contributed by atoms with Gasteiger partial charge in [-0.3, -0.25) is 0 Å². The van der Waals surface area contributed by atoms with E-state index in [-0.39, 0.29) is 5.92 Å². The van der Waals surface area contributed by atoms with Crippen molar-refractivity contribution in [1.82, 2.24) is 0 Å². The summed E-state index contributed by atoms with van der Waals surface area (Å²) in [5.74, 6) is 0.165. The molecule has 0 spiro atoms. The largest absolute Gasteiger partial charge is 0.389 e. The van der Waals surface area contributed by atoms with E-state index in [1.807, 2.05) is 26.8 Å². The predicted octanol–water partition coefficient (Wildman–Crippen LogP) is 1.47. The van der Waals surface area contributed by atoms with Crippen molar-refractivity contribution < 1.29 is 10.2 Å². The molecule has 2 nitrogen and oxygen atoms in total. The van der Waals surface area contributed by atoms with Crippen molar-refractivity contribution in [2.24, 2.45) is 5.92 Å². The first-order valence-corrected chi connectivity index (χ1v) is 4.60. The summed E-state index contributed by atoms with van der Waals surface area (Å²) >= 11 is 0. The summed E-state index contributed by atoms with van der Waals surface area (Å²) in [6.45, 7) is 5.76. The van der Waals surface area contributed by atoms with Gasteiger partial charge in [-0.2, -0.15) is 0 Å². The standard InChI is InChI=1S/C10H18O2/c1-4-10(12)8(3)6-5-7(2)9(10)11/h6-7,9,11-12H,4-5H2,1-3H3. The van der Waals surface area contributed by atoms with Gasteiger partial charge in [0.25, 0.3) is 0 Å². The van der Waals surface area contributed by atoms with Crippen molar-refractivity contribution in [3.8, 4) is 0 Å². The van der Waals surface area contributed by atoms with Gasteiger partial charge >= 0.3 is 0 Å². The van der Waals surface area contributed by atoms with Gasteiger partial charge in [0, 0.05) is 0 Å². The van der Waals surface area contributed by atoms with Gasteiger partial charge in [0.2, 0.25) is 0 Å². The number of hydrogen-bond acceptors (Lipinski definition) is 2. The number of aliphatic hydroxyl groups is 2. The van der Waals surface area contributed by atoms with E-state index in [0.717, 1.165) is 12.0 Å². The molecule has 0 radical (unpaired) electrons. The monoisotopic (exact) mass is 170 g/mol. The minimum absolute atomic E-state index is 0.165. The Bertz CT molecular complexity index is 198. The molecule has 70 valence electrons. The van der Waals surface area contributed by atoms with Crippen molar-refractivity contribution in [1.29, 1.82) is 0 Å². The van der Waals surface area contributed by atoms with Crippen LogP contribution in [0.5, 0.6) is 0 Å². The van der Waals surface area contributed by atoms with E-state index in [2.05, 4.69) is 0 Å². The molecule has 1 aliphatic carbocycles. The first-order chi connectivity index (χ1) is 5.52. The lowest BCUT2D eigenvalue weighted by Crippen LogP contribution is -2.48. The molecule has 12 heavy (non-hydrogen) atoms. The van der Waals surface area contributed by atoms with Crippen LogP contribution in [-0.2, 0) is 0 Å². The minimum atomic E-state index is -0.975. The van der Waals surface area contributed by atoms with E-state index < -0.39 is 11.7 Å². The van der Waals surface area contributed by atoms with Gasteiger partial charge in [-0.25, -0.2) is 0 Å². The van der Waals surface area contributed by atoms with Crippen LogP contribution < -0.4 is 0 Å². The van der Waals surface area contributed by atoms with E-state index in [4.69, 9.17) is 0 Å². The quantitative estimate of drug-likeness (QED) is 0.585. The molecule has 3 atom stereocenters. The van der Waals surface area contributed by atoms with Crippen LogP contribution in [0.3, 0.4) is 0 Å². The topological polar surface area (TPSA) is 40.5 Å². The van der Waals surface area contributed by atoms with Gasteiger partial charge in [-0.1, -0.05) is 19.9 Å². The summed E-state index contributed by atoms with van der Waals surface area (Å²) in [4.78, 5) is 0. The normalized spacial score (nSPS) is 42.6. The average molecular weight is 170 g/mol. The summed E-state index contributed by atoms with van der Waals surface area (Å²) in [7, 11) is 0. The fraction of sp³-hybridized carbons (Fsp3) is 0.800. The van der Waals surface area contributed by atoms with Crippen LogP contribution in [0.25, 0.3) is 0 Å². The molecule has 0 amide bonds. The summed E-state index contributed by atoms with van der Waals surface area (Å²) in [6.07, 6.45) is 2.88. The molecule has 0 heterocycles.